The highest BCUT2D eigenvalue weighted by Gasteiger charge is 2.09. The molecule has 0 saturated carbocycles. The van der Waals surface area contributed by atoms with E-state index < -0.39 is 0 Å². The van der Waals surface area contributed by atoms with Gasteiger partial charge in [-0.3, -0.25) is 4.79 Å². The van der Waals surface area contributed by atoms with Crippen LogP contribution in [-0.2, 0) is 4.79 Å². The second-order valence-electron chi connectivity index (χ2n) is 4.08. The van der Waals surface area contributed by atoms with E-state index in [9.17, 15) is 4.79 Å². The van der Waals surface area contributed by atoms with Gasteiger partial charge in [0.05, 0.1) is 0 Å². The van der Waals surface area contributed by atoms with Gasteiger partial charge in [-0.05, 0) is 29.3 Å². The summed E-state index contributed by atoms with van der Waals surface area (Å²) in [7, 11) is 0. The lowest BCUT2D eigenvalue weighted by Gasteiger charge is -2.12. The molecule has 7 nitrogen and oxygen atoms in total. The average molecular weight is 331 g/mol. The standard InChI is InChI=1S/C11H19BrN6O/c1-3-7(2)17-8(19)4-5-14-10-9(12)11(18-13)16-6-15-10/h6-7H,3-5,13H2,1-2H3,(H,17,19)(H2,14,15,16,18). The van der Waals surface area contributed by atoms with Crippen LogP contribution in [0, 0.1) is 0 Å². The Labute approximate surface area is 120 Å². The first-order chi connectivity index (χ1) is 9.08. The molecule has 1 aromatic heterocycles. The van der Waals surface area contributed by atoms with Gasteiger partial charge in [0.15, 0.2) is 5.82 Å². The molecule has 8 heteroatoms. The molecule has 0 saturated heterocycles. The number of nitrogens with one attached hydrogen (secondary N) is 3. The highest BCUT2D eigenvalue weighted by atomic mass is 79.9. The molecule has 19 heavy (non-hydrogen) atoms. The smallest absolute Gasteiger partial charge is 0.221 e. The first-order valence-corrected chi connectivity index (χ1v) is 6.88. The first kappa shape index (κ1) is 15.6. The minimum atomic E-state index is 0.0178. The number of halogens is 1. The quantitative estimate of drug-likeness (QED) is 0.443. The molecule has 106 valence electrons. The number of hydrogen-bond donors (Lipinski definition) is 4. The molecule has 5 N–H and O–H groups in total. The predicted octanol–water partition coefficient (Wildman–Crippen LogP) is 1.24. The van der Waals surface area contributed by atoms with Crippen LogP contribution in [0.3, 0.4) is 0 Å². The lowest BCUT2D eigenvalue weighted by atomic mass is 10.2. The molecule has 1 atom stereocenters. The second kappa shape index (κ2) is 7.90. The predicted molar refractivity (Wildman–Crippen MR) is 78.5 cm³/mol. The maximum Gasteiger partial charge on any atom is 0.221 e. The zero-order valence-corrected chi connectivity index (χ0v) is 12.6. The largest absolute Gasteiger partial charge is 0.368 e. The number of amides is 1. The van der Waals surface area contributed by atoms with Crippen LogP contribution < -0.4 is 21.9 Å². The Morgan fingerprint density at radius 1 is 1.47 bits per heavy atom. The van der Waals surface area contributed by atoms with Crippen molar-refractivity contribution < 1.29 is 4.79 Å². The van der Waals surface area contributed by atoms with Crippen molar-refractivity contribution in [3.05, 3.63) is 10.8 Å². The van der Waals surface area contributed by atoms with E-state index in [0.717, 1.165) is 6.42 Å². The number of nitrogen functional groups attached to an aromatic ring is 1. The molecule has 0 fully saturated rings. The summed E-state index contributed by atoms with van der Waals surface area (Å²) in [5.74, 6) is 6.41. The van der Waals surface area contributed by atoms with Crippen molar-refractivity contribution in [1.82, 2.24) is 15.3 Å². The number of aromatic nitrogens is 2. The van der Waals surface area contributed by atoms with Crippen LogP contribution in [0.15, 0.2) is 10.8 Å². The zero-order valence-electron chi connectivity index (χ0n) is 11.0. The minimum Gasteiger partial charge on any atom is -0.368 e. The Bertz CT molecular complexity index is 428. The molecule has 0 aliphatic carbocycles. The van der Waals surface area contributed by atoms with Gasteiger partial charge in [-0.15, -0.1) is 0 Å². The van der Waals surface area contributed by atoms with E-state index in [1.165, 1.54) is 6.33 Å². The van der Waals surface area contributed by atoms with Crippen LogP contribution in [0.4, 0.5) is 11.6 Å². The van der Waals surface area contributed by atoms with Crippen molar-refractivity contribution in [3.8, 4) is 0 Å². The molecule has 0 aliphatic heterocycles. The van der Waals surface area contributed by atoms with Gasteiger partial charge in [0, 0.05) is 19.0 Å². The fraction of sp³-hybridized carbons (Fsp3) is 0.545. The summed E-state index contributed by atoms with van der Waals surface area (Å²) in [6, 6.07) is 0.200. The first-order valence-electron chi connectivity index (χ1n) is 6.08. The number of carbonyl (C=O) groups excluding carboxylic acids is 1. The third-order valence-electron chi connectivity index (χ3n) is 2.59. The van der Waals surface area contributed by atoms with E-state index in [1.807, 2.05) is 13.8 Å². The Balaban J connectivity index is 2.43. The molecule has 1 rings (SSSR count). The van der Waals surface area contributed by atoms with Crippen LogP contribution in [0.5, 0.6) is 0 Å². The van der Waals surface area contributed by atoms with Crippen molar-refractivity contribution in [2.45, 2.75) is 32.7 Å². The number of carbonyl (C=O) groups is 1. The van der Waals surface area contributed by atoms with E-state index in [-0.39, 0.29) is 11.9 Å². The maximum atomic E-state index is 11.6. The van der Waals surface area contributed by atoms with Crippen molar-refractivity contribution in [1.29, 1.82) is 0 Å². The highest BCUT2D eigenvalue weighted by molar-refractivity contribution is 9.10. The van der Waals surface area contributed by atoms with E-state index in [0.29, 0.717) is 29.1 Å². The number of nitrogens with two attached hydrogens (primary N) is 1. The number of anilines is 2. The van der Waals surface area contributed by atoms with E-state index >= 15 is 0 Å². The Hall–Kier alpha value is -1.41. The Morgan fingerprint density at radius 2 is 2.16 bits per heavy atom. The van der Waals surface area contributed by atoms with Gasteiger partial charge < -0.3 is 16.1 Å². The summed E-state index contributed by atoms with van der Waals surface area (Å²) < 4.78 is 0.639. The normalized spacial score (nSPS) is 11.8. The summed E-state index contributed by atoms with van der Waals surface area (Å²) in [5.41, 5.74) is 2.45. The summed E-state index contributed by atoms with van der Waals surface area (Å²) in [5, 5.41) is 5.95. The van der Waals surface area contributed by atoms with Gasteiger partial charge in [0.1, 0.15) is 16.6 Å². The SMILES string of the molecule is CCC(C)NC(=O)CCNc1ncnc(NN)c1Br. The molecule has 1 amide bonds. The minimum absolute atomic E-state index is 0.0178. The number of hydrazine groups is 1. The topological polar surface area (TPSA) is 105 Å². The molecule has 0 radical (unpaired) electrons. The fourth-order valence-electron chi connectivity index (χ4n) is 1.34. The molecule has 1 unspecified atom stereocenters. The van der Waals surface area contributed by atoms with Crippen LogP contribution in [-0.4, -0.2) is 28.5 Å². The van der Waals surface area contributed by atoms with Gasteiger partial charge >= 0.3 is 0 Å². The maximum absolute atomic E-state index is 11.6. The number of rotatable bonds is 7. The molecular formula is C11H19BrN6O. The molecule has 0 bridgehead atoms. The van der Waals surface area contributed by atoms with Crippen molar-refractivity contribution >= 4 is 33.5 Å². The van der Waals surface area contributed by atoms with Crippen LogP contribution in [0.2, 0.25) is 0 Å². The zero-order chi connectivity index (χ0) is 14.3. The molecule has 0 aromatic carbocycles. The summed E-state index contributed by atoms with van der Waals surface area (Å²) in [6.45, 7) is 4.50. The molecular weight excluding hydrogens is 312 g/mol. The van der Waals surface area contributed by atoms with E-state index in [1.54, 1.807) is 0 Å². The van der Waals surface area contributed by atoms with Gasteiger partial charge in [-0.1, -0.05) is 6.92 Å². The van der Waals surface area contributed by atoms with Crippen molar-refractivity contribution in [2.75, 3.05) is 17.3 Å². The third kappa shape index (κ3) is 4.99. The van der Waals surface area contributed by atoms with Gasteiger partial charge in [0.2, 0.25) is 5.91 Å². The van der Waals surface area contributed by atoms with Crippen LogP contribution in [0.1, 0.15) is 26.7 Å². The van der Waals surface area contributed by atoms with Crippen LogP contribution >= 0.6 is 15.9 Å². The van der Waals surface area contributed by atoms with Crippen molar-refractivity contribution in [3.63, 3.8) is 0 Å². The lowest BCUT2D eigenvalue weighted by Crippen LogP contribution is -2.33. The fourth-order valence-corrected chi connectivity index (χ4v) is 1.80. The highest BCUT2D eigenvalue weighted by Crippen LogP contribution is 2.25. The van der Waals surface area contributed by atoms with Gasteiger partial charge in [0.25, 0.3) is 0 Å². The number of hydrogen-bond acceptors (Lipinski definition) is 6. The average Bonchev–Trinajstić information content (AvgIpc) is 2.40. The third-order valence-corrected chi connectivity index (χ3v) is 3.34. The Morgan fingerprint density at radius 3 is 2.79 bits per heavy atom. The molecule has 1 aromatic rings. The van der Waals surface area contributed by atoms with E-state index in [2.05, 4.69) is 42.0 Å². The molecule has 0 spiro atoms. The Kier molecular flexibility index (Phi) is 6.51. The van der Waals surface area contributed by atoms with Crippen molar-refractivity contribution in [2.24, 2.45) is 5.84 Å². The lowest BCUT2D eigenvalue weighted by molar-refractivity contribution is -0.121. The molecule has 1 heterocycles. The van der Waals surface area contributed by atoms with Gasteiger partial charge in [-0.2, -0.15) is 0 Å². The second-order valence-corrected chi connectivity index (χ2v) is 4.88. The summed E-state index contributed by atoms with van der Waals surface area (Å²) in [4.78, 5) is 19.6. The monoisotopic (exact) mass is 330 g/mol. The number of nitrogens with zero attached hydrogens (tertiary/aromatic N) is 2. The summed E-state index contributed by atoms with van der Waals surface area (Å²) in [6.07, 6.45) is 2.69. The summed E-state index contributed by atoms with van der Waals surface area (Å²) >= 11 is 3.33. The van der Waals surface area contributed by atoms with Gasteiger partial charge in [-0.25, -0.2) is 15.8 Å². The van der Waals surface area contributed by atoms with E-state index in [4.69, 9.17) is 5.84 Å². The molecule has 0 aliphatic rings. The van der Waals surface area contributed by atoms with Crippen LogP contribution in [0.25, 0.3) is 0 Å².